The van der Waals surface area contributed by atoms with Crippen LogP contribution in [0.1, 0.15) is 66.9 Å². The maximum Gasteiger partial charge on any atom is 0.335 e. The van der Waals surface area contributed by atoms with Gasteiger partial charge in [0.2, 0.25) is 5.91 Å². The van der Waals surface area contributed by atoms with Crippen LogP contribution in [0.4, 0.5) is 10.5 Å². The van der Waals surface area contributed by atoms with Gasteiger partial charge in [-0.1, -0.05) is 37.3 Å². The Morgan fingerprint density at radius 3 is 2.58 bits per heavy atom. The van der Waals surface area contributed by atoms with E-state index in [-0.39, 0.29) is 30.0 Å². The molecule has 8 heteroatoms. The summed E-state index contributed by atoms with van der Waals surface area (Å²) in [5.74, 6) is -0.343. The van der Waals surface area contributed by atoms with Crippen molar-refractivity contribution in [2.24, 2.45) is 0 Å². The third-order valence-electron chi connectivity index (χ3n) is 6.77. The van der Waals surface area contributed by atoms with Crippen LogP contribution in [0.3, 0.4) is 0 Å². The number of rotatable bonds is 13. The fourth-order valence-electron chi connectivity index (χ4n) is 4.71. The van der Waals surface area contributed by atoms with Gasteiger partial charge in [-0.2, -0.15) is 0 Å². The van der Waals surface area contributed by atoms with E-state index in [1.54, 1.807) is 31.4 Å². The number of carbonyl (C=O) groups excluding carboxylic acids is 2. The van der Waals surface area contributed by atoms with Crippen molar-refractivity contribution in [3.05, 3.63) is 71.3 Å². The zero-order valence-electron chi connectivity index (χ0n) is 22.4. The smallest absolute Gasteiger partial charge is 0.335 e. The van der Waals surface area contributed by atoms with Crippen LogP contribution in [-0.2, 0) is 17.6 Å². The lowest BCUT2D eigenvalue weighted by molar-refractivity contribution is -0.131. The number of nitrogens with one attached hydrogen (secondary N) is 2. The third-order valence-corrected chi connectivity index (χ3v) is 6.77. The summed E-state index contributed by atoms with van der Waals surface area (Å²) in [6.45, 7) is 3.42. The van der Waals surface area contributed by atoms with Crippen molar-refractivity contribution < 1.29 is 24.2 Å². The number of unbranched alkanes of at least 4 members (excludes halogenated alkanes) is 1. The fraction of sp³-hybridized carbons (Fsp3) is 0.433. The van der Waals surface area contributed by atoms with Crippen LogP contribution >= 0.6 is 0 Å². The second-order valence-corrected chi connectivity index (χ2v) is 9.54. The highest BCUT2D eigenvalue weighted by Crippen LogP contribution is 2.27. The van der Waals surface area contributed by atoms with Crippen molar-refractivity contribution in [1.82, 2.24) is 10.2 Å². The molecule has 1 fully saturated rings. The van der Waals surface area contributed by atoms with Crippen molar-refractivity contribution in [3.63, 3.8) is 0 Å². The van der Waals surface area contributed by atoms with E-state index in [1.807, 2.05) is 23.1 Å². The molecular formula is C30H39N3O5. The summed E-state index contributed by atoms with van der Waals surface area (Å²) < 4.78 is 5.48. The predicted molar refractivity (Wildman–Crippen MR) is 149 cm³/mol. The number of ether oxygens (including phenoxy) is 1. The number of benzene rings is 2. The van der Waals surface area contributed by atoms with E-state index in [1.165, 1.54) is 0 Å². The van der Waals surface area contributed by atoms with E-state index in [2.05, 4.69) is 29.7 Å². The molecule has 1 aliphatic heterocycles. The lowest BCUT2D eigenvalue weighted by Gasteiger charge is -2.25. The summed E-state index contributed by atoms with van der Waals surface area (Å²) >= 11 is 0. The average molecular weight is 522 g/mol. The van der Waals surface area contributed by atoms with E-state index in [4.69, 9.17) is 9.84 Å². The molecule has 1 saturated heterocycles. The number of methoxy groups -OCH3 is 1. The van der Waals surface area contributed by atoms with Crippen LogP contribution in [0.25, 0.3) is 0 Å². The number of hydrogen-bond donors (Lipinski definition) is 3. The minimum Gasteiger partial charge on any atom is -0.495 e. The summed E-state index contributed by atoms with van der Waals surface area (Å²) in [7, 11) is 1.55. The second kappa shape index (κ2) is 14.8. The van der Waals surface area contributed by atoms with Crippen LogP contribution in [0, 0.1) is 0 Å². The molecule has 204 valence electrons. The van der Waals surface area contributed by atoms with Gasteiger partial charge in [-0.25, -0.2) is 9.59 Å². The number of anilines is 1. The van der Waals surface area contributed by atoms with Gasteiger partial charge in [0, 0.05) is 19.1 Å². The predicted octanol–water partition coefficient (Wildman–Crippen LogP) is 5.43. The first-order chi connectivity index (χ1) is 18.4. The van der Waals surface area contributed by atoms with E-state index in [0.29, 0.717) is 18.0 Å². The molecule has 0 saturated carbocycles. The molecule has 0 radical (unpaired) electrons. The second-order valence-electron chi connectivity index (χ2n) is 9.54. The zero-order chi connectivity index (χ0) is 27.3. The Kier molecular flexibility index (Phi) is 11.2. The third kappa shape index (κ3) is 8.64. The summed E-state index contributed by atoms with van der Waals surface area (Å²) in [4.78, 5) is 38.5. The van der Waals surface area contributed by atoms with Crippen molar-refractivity contribution in [2.45, 2.75) is 64.3 Å². The number of hydrogen-bond acceptors (Lipinski definition) is 4. The topological polar surface area (TPSA) is 108 Å². The molecule has 1 unspecified atom stereocenters. The Balaban J connectivity index is 1.51. The van der Waals surface area contributed by atoms with Crippen LogP contribution in [-0.4, -0.2) is 54.2 Å². The maximum atomic E-state index is 13.2. The van der Waals surface area contributed by atoms with Gasteiger partial charge in [0.15, 0.2) is 0 Å². The summed E-state index contributed by atoms with van der Waals surface area (Å²) in [5, 5.41) is 14.7. The lowest BCUT2D eigenvalue weighted by atomic mass is 10.0. The molecule has 0 spiro atoms. The van der Waals surface area contributed by atoms with Crippen LogP contribution in [0.2, 0.25) is 0 Å². The van der Waals surface area contributed by atoms with Gasteiger partial charge < -0.3 is 25.4 Å². The summed E-state index contributed by atoms with van der Waals surface area (Å²) in [5.41, 5.74) is 2.73. The Hall–Kier alpha value is -3.81. The highest BCUT2D eigenvalue weighted by molar-refractivity contribution is 5.91. The van der Waals surface area contributed by atoms with Gasteiger partial charge in [-0.05, 0) is 80.3 Å². The number of amides is 3. The Labute approximate surface area is 225 Å². The van der Waals surface area contributed by atoms with Crippen LogP contribution in [0.5, 0.6) is 5.75 Å². The molecule has 0 aromatic heterocycles. The van der Waals surface area contributed by atoms with Gasteiger partial charge in [0.25, 0.3) is 0 Å². The van der Waals surface area contributed by atoms with E-state index in [9.17, 15) is 14.4 Å². The quantitative estimate of drug-likeness (QED) is 0.241. The van der Waals surface area contributed by atoms with Crippen molar-refractivity contribution in [2.75, 3.05) is 25.5 Å². The Morgan fingerprint density at radius 1 is 1.11 bits per heavy atom. The molecule has 3 rings (SSSR count). The number of urea groups is 1. The van der Waals surface area contributed by atoms with Crippen molar-refractivity contribution >= 4 is 23.6 Å². The highest BCUT2D eigenvalue weighted by atomic mass is 16.5. The summed E-state index contributed by atoms with van der Waals surface area (Å²) in [6.07, 6.45) is 10.9. The molecular weight excluding hydrogens is 482 g/mol. The largest absolute Gasteiger partial charge is 0.495 e. The fourth-order valence-corrected chi connectivity index (χ4v) is 4.71. The number of carboxylic acid groups (broad SMARTS) is 1. The SMILES string of the molecule is CC/C=C\CCCNC(=O)Nc1ccc(CC(=O)N2CCCC2CCc2ccc(C(=O)O)cc2)cc1OC. The number of allylic oxidation sites excluding steroid dienone is 2. The zero-order valence-corrected chi connectivity index (χ0v) is 22.4. The minimum absolute atomic E-state index is 0.0753. The molecule has 0 aliphatic carbocycles. The van der Waals surface area contributed by atoms with Gasteiger partial charge in [-0.3, -0.25) is 4.79 Å². The van der Waals surface area contributed by atoms with Gasteiger partial charge in [0.05, 0.1) is 24.8 Å². The molecule has 1 heterocycles. The highest BCUT2D eigenvalue weighted by Gasteiger charge is 2.28. The first kappa shape index (κ1) is 28.8. The summed E-state index contributed by atoms with van der Waals surface area (Å²) in [6, 6.07) is 12.2. The first-order valence-corrected chi connectivity index (χ1v) is 13.4. The number of nitrogens with zero attached hydrogens (tertiary/aromatic N) is 1. The van der Waals surface area contributed by atoms with Crippen molar-refractivity contribution in [3.8, 4) is 5.75 Å². The van der Waals surface area contributed by atoms with E-state index >= 15 is 0 Å². The molecule has 0 bridgehead atoms. The average Bonchev–Trinajstić information content (AvgIpc) is 3.39. The van der Waals surface area contributed by atoms with Crippen LogP contribution in [0.15, 0.2) is 54.6 Å². The number of aromatic carboxylic acids is 1. The van der Waals surface area contributed by atoms with E-state index < -0.39 is 5.97 Å². The van der Waals surface area contributed by atoms with E-state index in [0.717, 1.165) is 62.6 Å². The standard InChI is InChI=1S/C30H39N3O5/c1-3-4-5-6-7-18-31-30(37)32-26-17-13-23(20-27(26)38-2)21-28(34)33-19-8-9-25(33)16-12-22-10-14-24(15-11-22)29(35)36/h4-5,10-11,13-15,17,20,25H,3,6-9,12,16,18-19,21H2,1-2H3,(H,35,36)(H2,31,32,37)/b5-4-. The molecule has 1 aliphatic rings. The molecule has 1 atom stereocenters. The monoisotopic (exact) mass is 521 g/mol. The van der Waals surface area contributed by atoms with Crippen LogP contribution < -0.4 is 15.4 Å². The normalized spacial score (nSPS) is 15.0. The van der Waals surface area contributed by atoms with Gasteiger partial charge in [-0.15, -0.1) is 0 Å². The number of likely N-dealkylation sites (tertiary alicyclic amines) is 1. The molecule has 2 aromatic carbocycles. The molecule has 38 heavy (non-hydrogen) atoms. The van der Waals surface area contributed by atoms with Crippen molar-refractivity contribution in [1.29, 1.82) is 0 Å². The van der Waals surface area contributed by atoms with Gasteiger partial charge >= 0.3 is 12.0 Å². The number of carboxylic acids is 1. The molecule has 3 amide bonds. The molecule has 2 aromatic rings. The minimum atomic E-state index is -0.932. The Bertz CT molecular complexity index is 1110. The molecule has 3 N–H and O–H groups in total. The first-order valence-electron chi connectivity index (χ1n) is 13.4. The lowest BCUT2D eigenvalue weighted by Crippen LogP contribution is -2.36. The number of aryl methyl sites for hydroxylation is 1. The molecule has 8 nitrogen and oxygen atoms in total. The van der Waals surface area contributed by atoms with Gasteiger partial charge in [0.1, 0.15) is 5.75 Å². The number of carbonyl (C=O) groups is 3. The Morgan fingerprint density at radius 2 is 1.87 bits per heavy atom. The maximum absolute atomic E-state index is 13.2.